The predicted octanol–water partition coefficient (Wildman–Crippen LogP) is 4.17. The van der Waals surface area contributed by atoms with Gasteiger partial charge in [0.15, 0.2) is 15.5 Å². The molecule has 2 N–H and O–H groups in total. The van der Waals surface area contributed by atoms with E-state index in [4.69, 9.17) is 0 Å². The van der Waals surface area contributed by atoms with Crippen molar-refractivity contribution in [2.45, 2.75) is 31.8 Å². The van der Waals surface area contributed by atoms with Gasteiger partial charge in [-0.15, -0.1) is 0 Å². The Morgan fingerprint density at radius 3 is 2.76 bits per heavy atom. The number of aromatic nitrogens is 3. The second-order valence-electron chi connectivity index (χ2n) is 8.18. The summed E-state index contributed by atoms with van der Waals surface area (Å²) in [5.74, 6) is -1.65. The van der Waals surface area contributed by atoms with Crippen LogP contribution >= 0.6 is 11.3 Å². The third-order valence-electron chi connectivity index (χ3n) is 5.90. The summed E-state index contributed by atoms with van der Waals surface area (Å²) in [6.45, 7) is 2.55. The molecule has 0 aliphatic carbocycles. The van der Waals surface area contributed by atoms with E-state index in [9.17, 15) is 18.4 Å². The number of fused-ring (bicyclic) bond motifs is 1. The summed E-state index contributed by atoms with van der Waals surface area (Å²) < 4.78 is 27.5. The normalized spacial score (nSPS) is 16.7. The van der Waals surface area contributed by atoms with Crippen LogP contribution in [0.4, 0.5) is 13.9 Å². The Bertz CT molecular complexity index is 1420. The first-order valence-corrected chi connectivity index (χ1v) is 11.7. The molecule has 0 saturated carbocycles. The molecule has 1 aliphatic rings. The molecule has 5 rings (SSSR count). The Morgan fingerprint density at radius 2 is 2.00 bits per heavy atom. The summed E-state index contributed by atoms with van der Waals surface area (Å²) in [6, 6.07) is 12.2. The zero-order chi connectivity index (χ0) is 23.8. The van der Waals surface area contributed by atoms with E-state index in [0.717, 1.165) is 24.1 Å². The lowest BCUT2D eigenvalue weighted by Crippen LogP contribution is -2.44. The van der Waals surface area contributed by atoms with Crippen LogP contribution in [0.2, 0.25) is 0 Å². The fourth-order valence-electron chi connectivity index (χ4n) is 4.16. The number of H-pyrrole nitrogens is 1. The minimum atomic E-state index is -0.823. The molecule has 1 fully saturated rings. The van der Waals surface area contributed by atoms with Gasteiger partial charge in [0.1, 0.15) is 23.5 Å². The topological polar surface area (TPSA) is 91.0 Å². The first-order chi connectivity index (χ1) is 16.4. The molecule has 1 aliphatic heterocycles. The molecule has 1 amide bonds. The van der Waals surface area contributed by atoms with Crippen molar-refractivity contribution in [2.75, 3.05) is 11.4 Å². The highest BCUT2D eigenvalue weighted by Crippen LogP contribution is 2.33. The summed E-state index contributed by atoms with van der Waals surface area (Å²) in [4.78, 5) is 39.2. The van der Waals surface area contributed by atoms with E-state index in [1.165, 1.54) is 17.4 Å². The Hall–Kier alpha value is -3.66. The van der Waals surface area contributed by atoms with Crippen LogP contribution in [0.1, 0.15) is 31.4 Å². The minimum Gasteiger partial charge on any atom is -0.348 e. The molecule has 0 spiro atoms. The SMILES string of the molecule is C[C@@H](NC(=O)[C@H]1CCCN1c1nc2c(=O)[nH]c(-c3ccc(F)cc3F)nc2s1)c1ccccc1. The third kappa shape index (κ3) is 4.16. The Balaban J connectivity index is 1.42. The smallest absolute Gasteiger partial charge is 0.278 e. The van der Waals surface area contributed by atoms with Gasteiger partial charge in [-0.3, -0.25) is 9.59 Å². The number of carbonyl (C=O) groups excluding carboxylic acids is 1. The monoisotopic (exact) mass is 481 g/mol. The van der Waals surface area contributed by atoms with Crippen molar-refractivity contribution < 1.29 is 13.6 Å². The molecule has 1 saturated heterocycles. The number of amides is 1. The van der Waals surface area contributed by atoms with Crippen LogP contribution in [0.15, 0.2) is 53.3 Å². The molecule has 34 heavy (non-hydrogen) atoms. The fraction of sp³-hybridized carbons (Fsp3) is 0.250. The summed E-state index contributed by atoms with van der Waals surface area (Å²) in [7, 11) is 0. The molecule has 2 aromatic heterocycles. The molecular formula is C24H21F2N5O2S. The number of anilines is 1. The third-order valence-corrected chi connectivity index (χ3v) is 6.89. The van der Waals surface area contributed by atoms with Crippen molar-refractivity contribution >= 4 is 32.7 Å². The lowest BCUT2D eigenvalue weighted by molar-refractivity contribution is -0.122. The average Bonchev–Trinajstić information content (AvgIpc) is 3.47. The van der Waals surface area contributed by atoms with Crippen LogP contribution in [0.25, 0.3) is 21.7 Å². The van der Waals surface area contributed by atoms with Crippen LogP contribution < -0.4 is 15.8 Å². The van der Waals surface area contributed by atoms with Crippen molar-refractivity contribution in [2.24, 2.45) is 0 Å². The van der Waals surface area contributed by atoms with Crippen molar-refractivity contribution in [3.8, 4) is 11.4 Å². The first-order valence-electron chi connectivity index (χ1n) is 10.9. The molecule has 4 aromatic rings. The number of aromatic amines is 1. The highest BCUT2D eigenvalue weighted by atomic mass is 32.1. The molecule has 0 unspecified atom stereocenters. The zero-order valence-electron chi connectivity index (χ0n) is 18.2. The number of halogens is 2. The maximum Gasteiger partial charge on any atom is 0.278 e. The van der Waals surface area contributed by atoms with E-state index in [1.807, 2.05) is 42.2 Å². The van der Waals surface area contributed by atoms with Crippen molar-refractivity contribution in [1.29, 1.82) is 0 Å². The van der Waals surface area contributed by atoms with Crippen LogP contribution in [-0.2, 0) is 4.79 Å². The lowest BCUT2D eigenvalue weighted by Gasteiger charge is -2.25. The zero-order valence-corrected chi connectivity index (χ0v) is 19.0. The number of nitrogens with one attached hydrogen (secondary N) is 2. The Morgan fingerprint density at radius 1 is 1.21 bits per heavy atom. The Labute approximate surface area is 197 Å². The van der Waals surface area contributed by atoms with Crippen LogP contribution in [0.5, 0.6) is 0 Å². The van der Waals surface area contributed by atoms with Crippen molar-refractivity contribution in [3.05, 3.63) is 76.1 Å². The van der Waals surface area contributed by atoms with Crippen molar-refractivity contribution in [1.82, 2.24) is 20.3 Å². The van der Waals surface area contributed by atoms with Gasteiger partial charge in [0.05, 0.1) is 11.6 Å². The molecule has 2 atom stereocenters. The van der Waals surface area contributed by atoms with Gasteiger partial charge in [-0.05, 0) is 37.5 Å². The molecule has 0 radical (unpaired) electrons. The number of thiazole rings is 1. The number of hydrogen-bond acceptors (Lipinski definition) is 6. The molecule has 174 valence electrons. The predicted molar refractivity (Wildman–Crippen MR) is 127 cm³/mol. The quantitative estimate of drug-likeness (QED) is 0.447. The number of hydrogen-bond donors (Lipinski definition) is 2. The molecule has 10 heteroatoms. The maximum atomic E-state index is 14.2. The fourth-order valence-corrected chi connectivity index (χ4v) is 5.17. The molecule has 3 heterocycles. The highest BCUT2D eigenvalue weighted by Gasteiger charge is 2.34. The van der Waals surface area contributed by atoms with Gasteiger partial charge >= 0.3 is 0 Å². The van der Waals surface area contributed by atoms with Gasteiger partial charge in [-0.25, -0.2) is 18.7 Å². The van der Waals surface area contributed by atoms with Gasteiger partial charge < -0.3 is 15.2 Å². The van der Waals surface area contributed by atoms with Gasteiger partial charge in [0.2, 0.25) is 5.91 Å². The van der Waals surface area contributed by atoms with Crippen LogP contribution in [0.3, 0.4) is 0 Å². The number of rotatable bonds is 5. The minimum absolute atomic E-state index is 0.00222. The Kier molecular flexibility index (Phi) is 5.82. The molecule has 7 nitrogen and oxygen atoms in total. The summed E-state index contributed by atoms with van der Waals surface area (Å²) in [6.07, 6.45) is 1.47. The van der Waals surface area contributed by atoms with Gasteiger partial charge in [-0.1, -0.05) is 41.7 Å². The second kappa shape index (κ2) is 8.94. The second-order valence-corrected chi connectivity index (χ2v) is 9.14. The van der Waals surface area contributed by atoms with Crippen molar-refractivity contribution in [3.63, 3.8) is 0 Å². The molecule has 0 bridgehead atoms. The largest absolute Gasteiger partial charge is 0.348 e. The average molecular weight is 482 g/mol. The number of carbonyl (C=O) groups is 1. The van der Waals surface area contributed by atoms with Gasteiger partial charge in [0, 0.05) is 12.6 Å². The number of nitrogens with zero attached hydrogens (tertiary/aromatic N) is 3. The maximum absolute atomic E-state index is 14.2. The van der Waals surface area contributed by atoms with E-state index in [1.54, 1.807) is 0 Å². The summed E-state index contributed by atoms with van der Waals surface area (Å²) in [5, 5.41) is 3.57. The van der Waals surface area contributed by atoms with Gasteiger partial charge in [0.25, 0.3) is 5.56 Å². The standard InChI is InChI=1S/C24H21F2N5O2S/c1-13(14-6-3-2-4-7-14)27-21(32)18-8-5-11-31(18)24-28-19-22(33)29-20(30-23(19)34-24)16-10-9-15(25)12-17(16)26/h2-4,6-7,9-10,12-13,18H,5,8,11H2,1H3,(H,27,32)(H,29,30,33)/t13-,18-/m1/s1. The van der Waals surface area contributed by atoms with E-state index in [2.05, 4.69) is 20.3 Å². The first kappa shape index (κ1) is 22.1. The van der Waals surface area contributed by atoms with E-state index >= 15 is 0 Å². The van der Waals surface area contributed by atoms with Crippen LogP contribution in [-0.4, -0.2) is 33.4 Å². The summed E-state index contributed by atoms with van der Waals surface area (Å²) in [5.41, 5.74) is 0.597. The highest BCUT2D eigenvalue weighted by molar-refractivity contribution is 7.21. The van der Waals surface area contributed by atoms with E-state index in [0.29, 0.717) is 22.9 Å². The van der Waals surface area contributed by atoms with Crippen LogP contribution in [0, 0.1) is 11.6 Å². The van der Waals surface area contributed by atoms with E-state index < -0.39 is 23.2 Å². The van der Waals surface area contributed by atoms with Gasteiger partial charge in [-0.2, -0.15) is 0 Å². The molecular weight excluding hydrogens is 460 g/mol. The van der Waals surface area contributed by atoms with E-state index in [-0.39, 0.29) is 28.9 Å². The summed E-state index contributed by atoms with van der Waals surface area (Å²) >= 11 is 1.17. The lowest BCUT2D eigenvalue weighted by atomic mass is 10.1. The molecule has 2 aromatic carbocycles. The number of benzene rings is 2.